The Morgan fingerprint density at radius 3 is 2.67 bits per heavy atom. The van der Waals surface area contributed by atoms with Crippen LogP contribution >= 0.6 is 0 Å². The maximum Gasteiger partial charge on any atom is 0.161 e. The average Bonchev–Trinajstić information content (AvgIpc) is 2.64. The second-order valence-corrected chi connectivity index (χ2v) is 3.42. The van der Waals surface area contributed by atoms with Gasteiger partial charge in [-0.25, -0.2) is 4.98 Å². The lowest BCUT2D eigenvalue weighted by atomic mass is 10.1. The van der Waals surface area contributed by atoms with Gasteiger partial charge in [0, 0.05) is 18.0 Å². The monoisotopic (exact) mass is 200 g/mol. The van der Waals surface area contributed by atoms with Crippen LogP contribution in [0.2, 0.25) is 0 Å². The van der Waals surface area contributed by atoms with E-state index in [1.807, 2.05) is 42.0 Å². The summed E-state index contributed by atoms with van der Waals surface area (Å²) < 4.78 is 1.91. The molecule has 0 spiro atoms. The van der Waals surface area contributed by atoms with Gasteiger partial charge in [-0.2, -0.15) is 0 Å². The molecule has 76 valence electrons. The fourth-order valence-electron chi connectivity index (χ4n) is 1.61. The van der Waals surface area contributed by atoms with E-state index in [4.69, 9.17) is 0 Å². The van der Waals surface area contributed by atoms with Gasteiger partial charge in [-0.1, -0.05) is 12.1 Å². The van der Waals surface area contributed by atoms with Crippen molar-refractivity contribution in [3.8, 4) is 5.69 Å². The average molecular weight is 200 g/mol. The maximum atomic E-state index is 11.4. The molecule has 0 unspecified atom stereocenters. The van der Waals surface area contributed by atoms with Gasteiger partial charge in [0.05, 0.1) is 5.69 Å². The van der Waals surface area contributed by atoms with Crippen molar-refractivity contribution in [2.75, 3.05) is 0 Å². The Morgan fingerprint density at radius 2 is 2.07 bits per heavy atom. The number of ketones is 1. The van der Waals surface area contributed by atoms with Crippen molar-refractivity contribution < 1.29 is 4.79 Å². The van der Waals surface area contributed by atoms with Crippen LogP contribution in [0.1, 0.15) is 23.1 Å². The van der Waals surface area contributed by atoms with Gasteiger partial charge in [-0.3, -0.25) is 4.79 Å². The molecule has 1 heterocycles. The minimum Gasteiger partial charge on any atom is -0.303 e. The highest BCUT2D eigenvalue weighted by Crippen LogP contribution is 2.16. The topological polar surface area (TPSA) is 34.9 Å². The number of aromatic nitrogens is 2. The molecule has 0 saturated carbocycles. The van der Waals surface area contributed by atoms with Crippen molar-refractivity contribution in [1.29, 1.82) is 0 Å². The highest BCUT2D eigenvalue weighted by molar-refractivity contribution is 5.97. The molecule has 0 saturated heterocycles. The number of nitrogens with zero attached hydrogens (tertiary/aromatic N) is 2. The zero-order valence-corrected chi connectivity index (χ0v) is 8.77. The third kappa shape index (κ3) is 1.68. The lowest BCUT2D eigenvalue weighted by Gasteiger charge is -2.08. The number of hydrogen-bond donors (Lipinski definition) is 0. The van der Waals surface area contributed by atoms with E-state index < -0.39 is 0 Å². The largest absolute Gasteiger partial charge is 0.303 e. The maximum absolute atomic E-state index is 11.4. The zero-order chi connectivity index (χ0) is 10.8. The van der Waals surface area contributed by atoms with Crippen molar-refractivity contribution >= 4 is 5.78 Å². The van der Waals surface area contributed by atoms with Gasteiger partial charge < -0.3 is 4.57 Å². The number of imidazole rings is 1. The summed E-state index contributed by atoms with van der Waals surface area (Å²) in [4.78, 5) is 15.6. The molecular weight excluding hydrogens is 188 g/mol. The summed E-state index contributed by atoms with van der Waals surface area (Å²) in [5.41, 5.74) is 1.61. The standard InChI is InChI=1S/C12H12N2O/c1-9(15)11-5-3-4-6-12(11)14-8-7-13-10(14)2/h3-8H,1-2H3. The fraction of sp³-hybridized carbons (Fsp3) is 0.167. The molecule has 0 aliphatic heterocycles. The van der Waals surface area contributed by atoms with Crippen LogP contribution < -0.4 is 0 Å². The second-order valence-electron chi connectivity index (χ2n) is 3.42. The minimum atomic E-state index is 0.0682. The highest BCUT2D eigenvalue weighted by atomic mass is 16.1. The van der Waals surface area contributed by atoms with E-state index in [0.29, 0.717) is 0 Å². The molecule has 0 atom stereocenters. The van der Waals surface area contributed by atoms with Crippen LogP contribution in [0.4, 0.5) is 0 Å². The van der Waals surface area contributed by atoms with Crippen molar-refractivity contribution in [2.24, 2.45) is 0 Å². The first-order chi connectivity index (χ1) is 7.20. The van der Waals surface area contributed by atoms with Crippen molar-refractivity contribution in [2.45, 2.75) is 13.8 Å². The Bertz CT molecular complexity index is 500. The third-order valence-corrected chi connectivity index (χ3v) is 2.37. The molecule has 1 aromatic heterocycles. The molecule has 0 aliphatic carbocycles. The number of benzene rings is 1. The lowest BCUT2D eigenvalue weighted by molar-refractivity contribution is 0.101. The van der Waals surface area contributed by atoms with Gasteiger partial charge in [0.2, 0.25) is 0 Å². The number of para-hydroxylation sites is 1. The first-order valence-corrected chi connectivity index (χ1v) is 4.80. The third-order valence-electron chi connectivity index (χ3n) is 2.37. The van der Waals surface area contributed by atoms with E-state index in [0.717, 1.165) is 17.1 Å². The van der Waals surface area contributed by atoms with Crippen LogP contribution in [0.25, 0.3) is 5.69 Å². The Morgan fingerprint density at radius 1 is 1.33 bits per heavy atom. The van der Waals surface area contributed by atoms with Crippen molar-refractivity contribution in [1.82, 2.24) is 9.55 Å². The number of Topliss-reactive ketones (excluding diaryl/α,β-unsaturated/α-hetero) is 1. The molecule has 0 bridgehead atoms. The van der Waals surface area contributed by atoms with Crippen LogP contribution in [0, 0.1) is 6.92 Å². The molecule has 3 nitrogen and oxygen atoms in total. The molecule has 15 heavy (non-hydrogen) atoms. The number of carbonyl (C=O) groups excluding carboxylic acids is 1. The molecule has 2 aromatic rings. The van der Waals surface area contributed by atoms with Gasteiger partial charge in [-0.05, 0) is 26.0 Å². The van der Waals surface area contributed by atoms with Gasteiger partial charge in [0.1, 0.15) is 5.82 Å². The second kappa shape index (κ2) is 3.69. The summed E-state index contributed by atoms with van der Waals surface area (Å²) in [6.07, 6.45) is 3.59. The van der Waals surface area contributed by atoms with Crippen LogP contribution in [-0.4, -0.2) is 15.3 Å². The zero-order valence-electron chi connectivity index (χ0n) is 8.77. The SMILES string of the molecule is CC(=O)c1ccccc1-n1ccnc1C. The highest BCUT2D eigenvalue weighted by Gasteiger charge is 2.08. The molecule has 1 aromatic carbocycles. The van der Waals surface area contributed by atoms with Gasteiger partial charge in [0.25, 0.3) is 0 Å². The smallest absolute Gasteiger partial charge is 0.161 e. The Kier molecular flexibility index (Phi) is 2.37. The molecular formula is C12H12N2O. The Labute approximate surface area is 88.4 Å². The van der Waals surface area contributed by atoms with E-state index in [1.54, 1.807) is 13.1 Å². The van der Waals surface area contributed by atoms with Gasteiger partial charge >= 0.3 is 0 Å². The number of hydrogen-bond acceptors (Lipinski definition) is 2. The van der Waals surface area contributed by atoms with Crippen molar-refractivity contribution in [3.63, 3.8) is 0 Å². The number of carbonyl (C=O) groups is 1. The van der Waals surface area contributed by atoms with E-state index in [2.05, 4.69) is 4.98 Å². The Hall–Kier alpha value is -1.90. The van der Waals surface area contributed by atoms with Crippen LogP contribution in [-0.2, 0) is 0 Å². The van der Waals surface area contributed by atoms with Crippen LogP contribution in [0.3, 0.4) is 0 Å². The predicted octanol–water partition coefficient (Wildman–Crippen LogP) is 2.38. The summed E-state index contributed by atoms with van der Waals surface area (Å²) in [5, 5.41) is 0. The number of rotatable bonds is 2. The number of aryl methyl sites for hydroxylation is 1. The van der Waals surface area contributed by atoms with E-state index in [-0.39, 0.29) is 5.78 Å². The quantitative estimate of drug-likeness (QED) is 0.697. The first kappa shape index (κ1) is 9.65. The van der Waals surface area contributed by atoms with E-state index >= 15 is 0 Å². The summed E-state index contributed by atoms with van der Waals surface area (Å²) in [6.45, 7) is 3.49. The fourth-order valence-corrected chi connectivity index (χ4v) is 1.61. The lowest BCUT2D eigenvalue weighted by Crippen LogP contribution is -2.03. The minimum absolute atomic E-state index is 0.0682. The first-order valence-electron chi connectivity index (χ1n) is 4.80. The predicted molar refractivity (Wildman–Crippen MR) is 58.3 cm³/mol. The van der Waals surface area contributed by atoms with Crippen LogP contribution in [0.15, 0.2) is 36.7 Å². The molecule has 3 heteroatoms. The molecule has 0 fully saturated rings. The summed E-state index contributed by atoms with van der Waals surface area (Å²) >= 11 is 0. The van der Waals surface area contributed by atoms with Crippen LogP contribution in [0.5, 0.6) is 0 Å². The normalized spacial score (nSPS) is 10.3. The van der Waals surface area contributed by atoms with E-state index in [1.165, 1.54) is 0 Å². The summed E-state index contributed by atoms with van der Waals surface area (Å²) in [5.74, 6) is 0.947. The van der Waals surface area contributed by atoms with Crippen molar-refractivity contribution in [3.05, 3.63) is 48.0 Å². The summed E-state index contributed by atoms with van der Waals surface area (Å²) in [7, 11) is 0. The molecule has 0 radical (unpaired) electrons. The Balaban J connectivity index is 2.63. The van der Waals surface area contributed by atoms with Gasteiger partial charge in [-0.15, -0.1) is 0 Å². The molecule has 2 rings (SSSR count). The summed E-state index contributed by atoms with van der Waals surface area (Å²) in [6, 6.07) is 7.54. The van der Waals surface area contributed by atoms with E-state index in [9.17, 15) is 4.79 Å². The van der Waals surface area contributed by atoms with Gasteiger partial charge in [0.15, 0.2) is 5.78 Å². The molecule has 0 aliphatic rings. The molecule has 0 amide bonds. The molecule has 0 N–H and O–H groups in total.